The molecule has 0 saturated carbocycles. The third-order valence-electron chi connectivity index (χ3n) is 3.54. The SMILES string of the molecule is Cn1cccc1CC(=O)NNC(=O)c1ccc2ccccc2n1. The molecule has 0 fully saturated rings. The minimum absolute atomic E-state index is 0.189. The van der Waals surface area contributed by atoms with E-state index < -0.39 is 5.91 Å². The lowest BCUT2D eigenvalue weighted by molar-refractivity contribution is -0.121. The third-order valence-corrected chi connectivity index (χ3v) is 3.54. The Morgan fingerprint density at radius 2 is 1.87 bits per heavy atom. The van der Waals surface area contributed by atoms with Crippen LogP contribution in [0.4, 0.5) is 0 Å². The van der Waals surface area contributed by atoms with E-state index in [-0.39, 0.29) is 18.0 Å². The summed E-state index contributed by atoms with van der Waals surface area (Å²) < 4.78 is 1.85. The fraction of sp³-hybridized carbons (Fsp3) is 0.118. The Bertz CT molecular complexity index is 870. The second-order valence-corrected chi connectivity index (χ2v) is 5.18. The van der Waals surface area contributed by atoms with Crippen LogP contribution in [0.15, 0.2) is 54.7 Å². The zero-order valence-electron chi connectivity index (χ0n) is 12.6. The zero-order valence-corrected chi connectivity index (χ0v) is 12.6. The number of carbonyl (C=O) groups is 2. The Morgan fingerprint density at radius 1 is 1.04 bits per heavy atom. The van der Waals surface area contributed by atoms with Crippen LogP contribution in [0.5, 0.6) is 0 Å². The molecule has 0 aliphatic heterocycles. The molecule has 2 aromatic heterocycles. The minimum Gasteiger partial charge on any atom is -0.354 e. The van der Waals surface area contributed by atoms with Gasteiger partial charge < -0.3 is 4.57 Å². The molecule has 0 aliphatic carbocycles. The Hall–Kier alpha value is -3.15. The quantitative estimate of drug-likeness (QED) is 0.721. The monoisotopic (exact) mass is 308 g/mol. The van der Waals surface area contributed by atoms with Gasteiger partial charge in [-0.25, -0.2) is 4.98 Å². The Morgan fingerprint density at radius 3 is 2.65 bits per heavy atom. The maximum absolute atomic E-state index is 12.1. The van der Waals surface area contributed by atoms with Crippen molar-refractivity contribution in [2.75, 3.05) is 0 Å². The maximum atomic E-state index is 12.1. The molecule has 3 aromatic rings. The van der Waals surface area contributed by atoms with Gasteiger partial charge in [-0.15, -0.1) is 0 Å². The van der Waals surface area contributed by atoms with E-state index in [1.165, 1.54) is 0 Å². The number of nitrogens with one attached hydrogen (secondary N) is 2. The molecule has 2 amide bonds. The predicted molar refractivity (Wildman–Crippen MR) is 86.5 cm³/mol. The molecule has 23 heavy (non-hydrogen) atoms. The van der Waals surface area contributed by atoms with Gasteiger partial charge in [-0.2, -0.15) is 0 Å². The van der Waals surface area contributed by atoms with Crippen molar-refractivity contribution in [3.8, 4) is 0 Å². The number of nitrogens with zero attached hydrogens (tertiary/aromatic N) is 2. The number of aryl methyl sites for hydroxylation is 1. The first-order valence-corrected chi connectivity index (χ1v) is 7.18. The number of pyridine rings is 1. The van der Waals surface area contributed by atoms with E-state index in [9.17, 15) is 9.59 Å². The first kappa shape index (κ1) is 14.8. The lowest BCUT2D eigenvalue weighted by atomic mass is 10.2. The molecule has 6 heteroatoms. The average molecular weight is 308 g/mol. The molecule has 116 valence electrons. The molecule has 2 N–H and O–H groups in total. The number of benzene rings is 1. The van der Waals surface area contributed by atoms with Gasteiger partial charge in [-0.3, -0.25) is 20.4 Å². The number of hydrazine groups is 1. The molecule has 0 saturated heterocycles. The summed E-state index contributed by atoms with van der Waals surface area (Å²) in [5.41, 5.74) is 6.63. The standard InChI is InChI=1S/C17H16N4O2/c1-21-10-4-6-13(21)11-16(22)19-20-17(23)15-9-8-12-5-2-3-7-14(12)18-15/h2-10H,11H2,1H3,(H,19,22)(H,20,23). The molecule has 6 nitrogen and oxygen atoms in total. The molecule has 2 heterocycles. The van der Waals surface area contributed by atoms with E-state index in [2.05, 4.69) is 15.8 Å². The molecule has 0 bridgehead atoms. The summed E-state index contributed by atoms with van der Waals surface area (Å²) in [7, 11) is 1.86. The van der Waals surface area contributed by atoms with Crippen molar-refractivity contribution in [3.63, 3.8) is 0 Å². The largest absolute Gasteiger partial charge is 0.354 e. The van der Waals surface area contributed by atoms with Crippen molar-refractivity contribution in [2.24, 2.45) is 7.05 Å². The molecule has 3 rings (SSSR count). The lowest BCUT2D eigenvalue weighted by Crippen LogP contribution is -2.42. The lowest BCUT2D eigenvalue weighted by Gasteiger charge is -2.08. The third kappa shape index (κ3) is 3.37. The summed E-state index contributed by atoms with van der Waals surface area (Å²) in [6.45, 7) is 0. The summed E-state index contributed by atoms with van der Waals surface area (Å²) in [5.74, 6) is -0.739. The van der Waals surface area contributed by atoms with Crippen molar-refractivity contribution in [2.45, 2.75) is 6.42 Å². The van der Waals surface area contributed by atoms with Crippen LogP contribution in [0.2, 0.25) is 0 Å². The summed E-state index contributed by atoms with van der Waals surface area (Å²) in [4.78, 5) is 28.2. The molecule has 0 atom stereocenters. The highest BCUT2D eigenvalue weighted by atomic mass is 16.2. The number of para-hydroxylation sites is 1. The van der Waals surface area contributed by atoms with Gasteiger partial charge in [-0.1, -0.05) is 24.3 Å². The average Bonchev–Trinajstić information content (AvgIpc) is 2.97. The van der Waals surface area contributed by atoms with Crippen LogP contribution in [-0.2, 0) is 18.3 Å². The van der Waals surface area contributed by atoms with Crippen molar-refractivity contribution < 1.29 is 9.59 Å². The van der Waals surface area contributed by atoms with Crippen LogP contribution in [0.25, 0.3) is 10.9 Å². The summed E-state index contributed by atoms with van der Waals surface area (Å²) in [5, 5.41) is 0.955. The van der Waals surface area contributed by atoms with Crippen molar-refractivity contribution in [1.82, 2.24) is 20.4 Å². The van der Waals surface area contributed by atoms with Crippen molar-refractivity contribution in [3.05, 3.63) is 66.1 Å². The molecular formula is C17H16N4O2. The minimum atomic E-state index is -0.448. The molecule has 0 unspecified atom stereocenters. The van der Waals surface area contributed by atoms with Crippen LogP contribution in [0, 0.1) is 0 Å². The maximum Gasteiger partial charge on any atom is 0.288 e. The number of rotatable bonds is 3. The number of hydrogen-bond donors (Lipinski definition) is 2. The fourth-order valence-corrected chi connectivity index (χ4v) is 2.27. The van der Waals surface area contributed by atoms with Gasteiger partial charge in [0.25, 0.3) is 5.91 Å². The van der Waals surface area contributed by atoms with Gasteiger partial charge >= 0.3 is 0 Å². The highest BCUT2D eigenvalue weighted by molar-refractivity contribution is 5.96. The Balaban J connectivity index is 1.62. The second-order valence-electron chi connectivity index (χ2n) is 5.18. The van der Waals surface area contributed by atoms with E-state index >= 15 is 0 Å². The van der Waals surface area contributed by atoms with Crippen LogP contribution in [0.3, 0.4) is 0 Å². The first-order valence-electron chi connectivity index (χ1n) is 7.18. The number of carbonyl (C=O) groups excluding carboxylic acids is 2. The molecule has 0 aliphatic rings. The van der Waals surface area contributed by atoms with Gasteiger partial charge in [-0.05, 0) is 24.3 Å². The fourth-order valence-electron chi connectivity index (χ4n) is 2.27. The Labute approximate surface area is 133 Å². The smallest absolute Gasteiger partial charge is 0.288 e. The van der Waals surface area contributed by atoms with E-state index in [0.717, 1.165) is 16.6 Å². The van der Waals surface area contributed by atoms with E-state index in [0.29, 0.717) is 0 Å². The van der Waals surface area contributed by atoms with Crippen LogP contribution >= 0.6 is 0 Å². The van der Waals surface area contributed by atoms with Gasteiger partial charge in [0, 0.05) is 24.3 Å². The van der Waals surface area contributed by atoms with Crippen molar-refractivity contribution >= 4 is 22.7 Å². The van der Waals surface area contributed by atoms with Gasteiger partial charge in [0.1, 0.15) is 5.69 Å². The topological polar surface area (TPSA) is 76.0 Å². The van der Waals surface area contributed by atoms with Crippen molar-refractivity contribution in [1.29, 1.82) is 0 Å². The highest BCUT2D eigenvalue weighted by Crippen LogP contribution is 2.11. The van der Waals surface area contributed by atoms with Crippen LogP contribution < -0.4 is 10.9 Å². The number of aromatic nitrogens is 2. The number of amides is 2. The van der Waals surface area contributed by atoms with Gasteiger partial charge in [0.15, 0.2) is 0 Å². The molecule has 1 aromatic carbocycles. The Kier molecular flexibility index (Phi) is 4.05. The second kappa shape index (κ2) is 6.31. The molecule has 0 radical (unpaired) electrons. The van der Waals surface area contributed by atoms with Crippen LogP contribution in [0.1, 0.15) is 16.2 Å². The first-order chi connectivity index (χ1) is 11.1. The van der Waals surface area contributed by atoms with Crippen LogP contribution in [-0.4, -0.2) is 21.4 Å². The van der Waals surface area contributed by atoms with Gasteiger partial charge in [0.05, 0.1) is 11.9 Å². The summed E-state index contributed by atoms with van der Waals surface area (Å²) >= 11 is 0. The summed E-state index contributed by atoms with van der Waals surface area (Å²) in [6.07, 6.45) is 2.05. The van der Waals surface area contributed by atoms with Gasteiger partial charge in [0.2, 0.25) is 5.91 Å². The number of fused-ring (bicyclic) bond motifs is 1. The normalized spacial score (nSPS) is 10.5. The zero-order chi connectivity index (χ0) is 16.2. The predicted octanol–water partition coefficient (Wildman–Crippen LogP) is 1.58. The summed E-state index contributed by atoms with van der Waals surface area (Å²) in [6, 6.07) is 14.7. The van der Waals surface area contributed by atoms with E-state index in [1.807, 2.05) is 60.3 Å². The number of hydrogen-bond acceptors (Lipinski definition) is 3. The molecule has 0 spiro atoms. The van der Waals surface area contributed by atoms with E-state index in [4.69, 9.17) is 0 Å². The molecular weight excluding hydrogens is 292 g/mol. The highest BCUT2D eigenvalue weighted by Gasteiger charge is 2.10. The van der Waals surface area contributed by atoms with E-state index in [1.54, 1.807) is 6.07 Å².